The van der Waals surface area contributed by atoms with E-state index >= 15 is 0 Å². The summed E-state index contributed by atoms with van der Waals surface area (Å²) in [5.74, 6) is 0.121. The lowest BCUT2D eigenvalue weighted by atomic mass is 9.72. The van der Waals surface area contributed by atoms with E-state index in [0.717, 1.165) is 11.1 Å². The SMILES string of the molecule is CC1=CC(=O)CC(C)(C)/C1=C\CC(C)O[C@@H]1O[C@H](CO)[C@@H](O)[C@H](O)[C@H]1O. The molecule has 0 aromatic rings. The van der Waals surface area contributed by atoms with Crippen molar-refractivity contribution in [3.8, 4) is 0 Å². The summed E-state index contributed by atoms with van der Waals surface area (Å²) in [5, 5.41) is 38.9. The first kappa shape index (κ1) is 21.2. The Morgan fingerprint density at radius 1 is 1.31 bits per heavy atom. The van der Waals surface area contributed by atoms with Gasteiger partial charge >= 0.3 is 0 Å². The minimum absolute atomic E-state index is 0.121. The first-order valence-corrected chi connectivity index (χ1v) is 8.95. The van der Waals surface area contributed by atoms with Crippen LogP contribution in [0.25, 0.3) is 0 Å². The monoisotopic (exact) mass is 370 g/mol. The van der Waals surface area contributed by atoms with Gasteiger partial charge in [-0.15, -0.1) is 0 Å². The zero-order valence-electron chi connectivity index (χ0n) is 15.8. The molecule has 7 heteroatoms. The Balaban J connectivity index is 2.03. The first-order valence-electron chi connectivity index (χ1n) is 8.95. The molecule has 26 heavy (non-hydrogen) atoms. The second kappa shape index (κ2) is 8.29. The van der Waals surface area contributed by atoms with Gasteiger partial charge in [-0.25, -0.2) is 0 Å². The van der Waals surface area contributed by atoms with Gasteiger partial charge in [0.1, 0.15) is 24.4 Å². The molecule has 0 aromatic heterocycles. The third-order valence-electron chi connectivity index (χ3n) is 5.02. The number of allylic oxidation sites excluding steroid dienone is 3. The maximum Gasteiger partial charge on any atom is 0.186 e. The molecule has 1 fully saturated rings. The molecule has 0 bridgehead atoms. The Labute approximate surface area is 153 Å². The highest BCUT2D eigenvalue weighted by Crippen LogP contribution is 2.39. The molecule has 0 amide bonds. The largest absolute Gasteiger partial charge is 0.394 e. The van der Waals surface area contributed by atoms with Crippen molar-refractivity contribution in [2.45, 2.75) is 77.3 Å². The number of aliphatic hydroxyl groups excluding tert-OH is 4. The molecule has 148 valence electrons. The van der Waals surface area contributed by atoms with Crippen molar-refractivity contribution in [3.05, 3.63) is 23.3 Å². The normalized spacial score (nSPS) is 37.5. The zero-order chi connectivity index (χ0) is 19.6. The van der Waals surface area contributed by atoms with Gasteiger partial charge in [-0.05, 0) is 42.9 Å². The molecule has 1 aliphatic heterocycles. The molecule has 1 heterocycles. The van der Waals surface area contributed by atoms with Crippen LogP contribution in [0.15, 0.2) is 23.3 Å². The van der Waals surface area contributed by atoms with Crippen molar-refractivity contribution in [2.75, 3.05) is 6.61 Å². The summed E-state index contributed by atoms with van der Waals surface area (Å²) in [5.41, 5.74) is 1.77. The molecule has 1 saturated heterocycles. The van der Waals surface area contributed by atoms with Crippen molar-refractivity contribution >= 4 is 5.78 Å². The fourth-order valence-corrected chi connectivity index (χ4v) is 3.62. The molecule has 4 N–H and O–H groups in total. The van der Waals surface area contributed by atoms with Gasteiger partial charge < -0.3 is 29.9 Å². The van der Waals surface area contributed by atoms with Gasteiger partial charge in [0.25, 0.3) is 0 Å². The Bertz CT molecular complexity index is 578. The quantitative estimate of drug-likeness (QED) is 0.555. The lowest BCUT2D eigenvalue weighted by Gasteiger charge is -2.40. The predicted molar refractivity (Wildman–Crippen MR) is 94.2 cm³/mol. The lowest BCUT2D eigenvalue weighted by Crippen LogP contribution is -2.59. The van der Waals surface area contributed by atoms with Crippen LogP contribution >= 0.6 is 0 Å². The van der Waals surface area contributed by atoms with E-state index in [4.69, 9.17) is 9.47 Å². The van der Waals surface area contributed by atoms with Crippen molar-refractivity contribution < 1.29 is 34.7 Å². The van der Waals surface area contributed by atoms with Gasteiger partial charge in [-0.3, -0.25) is 4.79 Å². The summed E-state index contributed by atoms with van der Waals surface area (Å²) in [4.78, 5) is 11.8. The summed E-state index contributed by atoms with van der Waals surface area (Å²) >= 11 is 0. The molecule has 0 spiro atoms. The Morgan fingerprint density at radius 2 is 1.96 bits per heavy atom. The van der Waals surface area contributed by atoms with E-state index < -0.39 is 37.3 Å². The summed E-state index contributed by atoms with van der Waals surface area (Å²) in [6.07, 6.45) is -2.09. The second-order valence-electron chi connectivity index (χ2n) is 7.85. The number of ketones is 1. The molecule has 2 rings (SSSR count). The summed E-state index contributed by atoms with van der Waals surface area (Å²) < 4.78 is 11.0. The average Bonchev–Trinajstić information content (AvgIpc) is 2.53. The van der Waals surface area contributed by atoms with Gasteiger partial charge in [0.15, 0.2) is 12.1 Å². The number of rotatable bonds is 5. The number of carbonyl (C=O) groups excluding carboxylic acids is 1. The molecule has 0 saturated carbocycles. The van der Waals surface area contributed by atoms with E-state index in [1.54, 1.807) is 13.0 Å². The van der Waals surface area contributed by atoms with E-state index in [2.05, 4.69) is 0 Å². The maximum atomic E-state index is 11.8. The van der Waals surface area contributed by atoms with Crippen LogP contribution in [0, 0.1) is 5.41 Å². The van der Waals surface area contributed by atoms with E-state index in [9.17, 15) is 25.2 Å². The number of hydrogen-bond acceptors (Lipinski definition) is 7. The summed E-state index contributed by atoms with van der Waals surface area (Å²) in [6.45, 7) is 7.27. The van der Waals surface area contributed by atoms with Crippen LogP contribution in [-0.4, -0.2) is 69.6 Å². The molecule has 0 aromatic carbocycles. The highest BCUT2D eigenvalue weighted by atomic mass is 16.7. The molecule has 1 unspecified atom stereocenters. The Morgan fingerprint density at radius 3 is 2.54 bits per heavy atom. The number of hydrogen-bond donors (Lipinski definition) is 4. The minimum atomic E-state index is -1.45. The van der Waals surface area contributed by atoms with Crippen LogP contribution in [0.5, 0.6) is 0 Å². The van der Waals surface area contributed by atoms with Gasteiger partial charge in [0.05, 0.1) is 12.7 Å². The Kier molecular flexibility index (Phi) is 6.76. The molecular weight excluding hydrogens is 340 g/mol. The standard InChI is InChI=1S/C19H30O7/c1-10-7-12(21)8-19(3,4)13(10)6-5-11(2)25-18-17(24)16(23)15(22)14(9-20)26-18/h6-7,11,14-18,20,22-24H,5,8-9H2,1-4H3/b13-6-/t11?,14-,15-,16+,17-,18-/m1/s1. The molecular formula is C19H30O7. The zero-order valence-corrected chi connectivity index (χ0v) is 15.8. The highest BCUT2D eigenvalue weighted by Gasteiger charge is 2.44. The average molecular weight is 370 g/mol. The molecule has 1 aliphatic carbocycles. The summed E-state index contributed by atoms with van der Waals surface area (Å²) in [6, 6.07) is 0. The fourth-order valence-electron chi connectivity index (χ4n) is 3.62. The highest BCUT2D eigenvalue weighted by molar-refractivity contribution is 5.93. The number of aliphatic hydroxyl groups is 4. The maximum absolute atomic E-state index is 11.8. The van der Waals surface area contributed by atoms with Crippen LogP contribution in [0.2, 0.25) is 0 Å². The number of carbonyl (C=O) groups is 1. The van der Waals surface area contributed by atoms with Gasteiger partial charge in [0, 0.05) is 6.42 Å². The van der Waals surface area contributed by atoms with Crippen LogP contribution < -0.4 is 0 Å². The minimum Gasteiger partial charge on any atom is -0.394 e. The fraction of sp³-hybridized carbons (Fsp3) is 0.737. The van der Waals surface area contributed by atoms with Crippen molar-refractivity contribution in [1.82, 2.24) is 0 Å². The van der Waals surface area contributed by atoms with E-state index in [-0.39, 0.29) is 17.3 Å². The van der Waals surface area contributed by atoms with Gasteiger partial charge in [0.2, 0.25) is 0 Å². The summed E-state index contributed by atoms with van der Waals surface area (Å²) in [7, 11) is 0. The van der Waals surface area contributed by atoms with Crippen LogP contribution in [0.3, 0.4) is 0 Å². The van der Waals surface area contributed by atoms with E-state index in [1.807, 2.05) is 26.8 Å². The topological polar surface area (TPSA) is 116 Å². The van der Waals surface area contributed by atoms with Gasteiger partial charge in [-0.1, -0.05) is 19.9 Å². The third kappa shape index (κ3) is 4.60. The number of ether oxygens (including phenoxy) is 2. The molecule has 6 atom stereocenters. The first-order chi connectivity index (χ1) is 12.1. The van der Waals surface area contributed by atoms with E-state index in [1.165, 1.54) is 0 Å². The van der Waals surface area contributed by atoms with Crippen molar-refractivity contribution in [3.63, 3.8) is 0 Å². The second-order valence-corrected chi connectivity index (χ2v) is 7.85. The smallest absolute Gasteiger partial charge is 0.186 e. The Hall–Kier alpha value is -1.09. The van der Waals surface area contributed by atoms with E-state index in [0.29, 0.717) is 12.8 Å². The van der Waals surface area contributed by atoms with Crippen LogP contribution in [0.4, 0.5) is 0 Å². The van der Waals surface area contributed by atoms with Crippen molar-refractivity contribution in [2.24, 2.45) is 5.41 Å². The van der Waals surface area contributed by atoms with Crippen molar-refractivity contribution in [1.29, 1.82) is 0 Å². The lowest BCUT2D eigenvalue weighted by molar-refractivity contribution is -0.309. The molecule has 0 radical (unpaired) electrons. The van der Waals surface area contributed by atoms with Crippen LogP contribution in [-0.2, 0) is 14.3 Å². The molecule has 2 aliphatic rings. The van der Waals surface area contributed by atoms with Gasteiger partial charge in [-0.2, -0.15) is 0 Å². The van der Waals surface area contributed by atoms with Crippen LogP contribution in [0.1, 0.15) is 40.5 Å². The molecule has 7 nitrogen and oxygen atoms in total. The third-order valence-corrected chi connectivity index (χ3v) is 5.02. The predicted octanol–water partition coefficient (Wildman–Crippen LogP) is 0.453.